The Hall–Kier alpha value is -3.27. The highest BCUT2D eigenvalue weighted by atomic mass is 31.2. The first kappa shape index (κ1) is 38.5. The Labute approximate surface area is 307 Å². The molecule has 3 unspecified atom stereocenters. The maximum Gasteiger partial charge on any atom is 0.335 e. The fraction of sp³-hybridized carbons (Fsp3) is 0.650. The minimum absolute atomic E-state index is 0.0215. The summed E-state index contributed by atoms with van der Waals surface area (Å²) in [5.74, 6) is -0.879. The predicted molar refractivity (Wildman–Crippen MR) is 197 cm³/mol. The molecule has 4 bridgehead atoms. The molecule has 0 spiro atoms. The smallest absolute Gasteiger partial charge is 0.335 e. The molecule has 6 atom stereocenters. The van der Waals surface area contributed by atoms with Gasteiger partial charge in [0.15, 0.2) is 5.78 Å². The van der Waals surface area contributed by atoms with Crippen LogP contribution in [0.15, 0.2) is 37.1 Å². The highest BCUT2D eigenvalue weighted by Crippen LogP contribution is 2.73. The molecule has 2 saturated carbocycles. The highest BCUT2D eigenvalue weighted by molar-refractivity contribution is 7.55. The molecule has 12 heteroatoms. The molecular formula is C40H55N2O9P. The molecule has 3 heterocycles. The lowest BCUT2D eigenvalue weighted by molar-refractivity contribution is -0.154. The van der Waals surface area contributed by atoms with Crippen molar-refractivity contribution < 1.29 is 42.6 Å². The van der Waals surface area contributed by atoms with E-state index >= 15 is 0 Å². The van der Waals surface area contributed by atoms with Crippen molar-refractivity contribution in [3.63, 3.8) is 0 Å². The number of benzene rings is 1. The third kappa shape index (κ3) is 7.97. The second kappa shape index (κ2) is 15.6. The van der Waals surface area contributed by atoms with Crippen molar-refractivity contribution in [2.45, 2.75) is 115 Å². The van der Waals surface area contributed by atoms with Gasteiger partial charge in [0, 0.05) is 24.4 Å². The number of amides is 1. The Balaban J connectivity index is 1.39. The average Bonchev–Trinajstić information content (AvgIpc) is 3.69. The van der Waals surface area contributed by atoms with Crippen molar-refractivity contribution in [2.75, 3.05) is 26.9 Å². The van der Waals surface area contributed by atoms with Gasteiger partial charge in [0.2, 0.25) is 11.8 Å². The lowest BCUT2D eigenvalue weighted by Gasteiger charge is -2.34. The van der Waals surface area contributed by atoms with Gasteiger partial charge in [-0.05, 0) is 91.8 Å². The van der Waals surface area contributed by atoms with Crippen LogP contribution in [0.25, 0.3) is 10.8 Å². The summed E-state index contributed by atoms with van der Waals surface area (Å²) in [6.45, 7) is 10.0. The van der Waals surface area contributed by atoms with E-state index in [1.54, 1.807) is 31.2 Å². The lowest BCUT2D eigenvalue weighted by atomic mass is 9.77. The first-order valence-electron chi connectivity index (χ1n) is 19.0. The second-order valence-electron chi connectivity index (χ2n) is 16.1. The van der Waals surface area contributed by atoms with Crippen LogP contribution in [0.5, 0.6) is 11.6 Å². The number of aryl methyl sites for hydroxylation is 1. The normalized spacial score (nSPS) is 29.8. The van der Waals surface area contributed by atoms with Gasteiger partial charge in [-0.1, -0.05) is 39.2 Å². The Bertz CT molecular complexity index is 1720. The highest BCUT2D eigenvalue weighted by Gasteiger charge is 2.66. The van der Waals surface area contributed by atoms with Gasteiger partial charge in [0.25, 0.3) is 0 Å². The molecule has 0 radical (unpaired) electrons. The summed E-state index contributed by atoms with van der Waals surface area (Å²) in [4.78, 5) is 60.0. The summed E-state index contributed by atoms with van der Waals surface area (Å²) < 4.78 is 37.1. The molecule has 284 valence electrons. The average molecular weight is 739 g/mol. The number of allylic oxidation sites excluding steroid dienone is 1. The van der Waals surface area contributed by atoms with Crippen LogP contribution < -0.4 is 9.47 Å². The number of methoxy groups -OCH3 is 1. The monoisotopic (exact) mass is 738 g/mol. The van der Waals surface area contributed by atoms with Crippen LogP contribution in [-0.2, 0) is 34.6 Å². The molecular weight excluding hydrogens is 683 g/mol. The SMILES string of the molecule is C=CC1CC1(CC(=O)[C@@H]1C[C@@H]2CN1C(=O)[C@H](C1CCCCC1)CC(=O)OCC(C)(C)CCCc1cc3c(nccc3cc1OC)O2)P(=O)(O)OCC. The van der Waals surface area contributed by atoms with E-state index in [9.17, 15) is 23.8 Å². The largest absolute Gasteiger partial charge is 0.496 e. The number of aromatic nitrogens is 1. The molecule has 2 aliphatic carbocycles. The third-order valence-corrected chi connectivity index (χ3v) is 14.3. The van der Waals surface area contributed by atoms with Gasteiger partial charge in [-0.15, -0.1) is 6.58 Å². The molecule has 1 amide bonds. The number of nitrogens with zero attached hydrogens (tertiary/aromatic N) is 2. The lowest BCUT2D eigenvalue weighted by Crippen LogP contribution is -2.47. The maximum atomic E-state index is 14.8. The molecule has 2 aromatic rings. The molecule has 1 aromatic heterocycles. The summed E-state index contributed by atoms with van der Waals surface area (Å²) in [5, 5.41) is 0.418. The van der Waals surface area contributed by atoms with Crippen molar-refractivity contribution in [3.05, 3.63) is 42.6 Å². The van der Waals surface area contributed by atoms with E-state index in [-0.39, 0.29) is 68.0 Å². The zero-order valence-corrected chi connectivity index (χ0v) is 32.0. The van der Waals surface area contributed by atoms with Crippen molar-refractivity contribution in [1.29, 1.82) is 0 Å². The number of hydrogen-bond donors (Lipinski definition) is 1. The molecule has 3 fully saturated rings. The zero-order valence-electron chi connectivity index (χ0n) is 31.1. The molecule has 11 nitrogen and oxygen atoms in total. The maximum absolute atomic E-state index is 14.8. The number of Topliss-reactive ketones (excluding diaryl/α,β-unsaturated/α-hetero) is 1. The van der Waals surface area contributed by atoms with E-state index in [1.165, 1.54) is 0 Å². The summed E-state index contributed by atoms with van der Waals surface area (Å²) in [5.41, 5.74) is 0.711. The first-order valence-corrected chi connectivity index (χ1v) is 20.6. The number of rotatable bonds is 9. The van der Waals surface area contributed by atoms with Gasteiger partial charge < -0.3 is 28.5 Å². The topological polar surface area (TPSA) is 142 Å². The summed E-state index contributed by atoms with van der Waals surface area (Å²) in [7, 11) is -2.54. The van der Waals surface area contributed by atoms with Gasteiger partial charge >= 0.3 is 13.6 Å². The summed E-state index contributed by atoms with van der Waals surface area (Å²) >= 11 is 0. The van der Waals surface area contributed by atoms with E-state index in [1.807, 2.05) is 18.2 Å². The molecule has 6 rings (SSSR count). The first-order chi connectivity index (χ1) is 24.8. The Morgan fingerprint density at radius 2 is 1.96 bits per heavy atom. The van der Waals surface area contributed by atoms with Gasteiger partial charge in [0.1, 0.15) is 11.9 Å². The van der Waals surface area contributed by atoms with Crippen molar-refractivity contribution in [1.82, 2.24) is 9.88 Å². The molecule has 1 aromatic carbocycles. The molecule has 2 aliphatic heterocycles. The number of hydrogen-bond acceptors (Lipinski definition) is 9. The third-order valence-electron chi connectivity index (χ3n) is 11.9. The fourth-order valence-electron chi connectivity index (χ4n) is 8.81. The Morgan fingerprint density at radius 1 is 1.19 bits per heavy atom. The van der Waals surface area contributed by atoms with E-state index in [4.69, 9.17) is 18.7 Å². The van der Waals surface area contributed by atoms with E-state index in [0.29, 0.717) is 12.3 Å². The molecule has 4 aliphatic rings. The standard InChI is InChI=1S/C40H55N2O9P/c1-6-29-22-40(29,52(46,47)50-7-2)23-34(43)33-20-30-24-42(33)38(45)32(26-12-9-8-10-13-26)21-36(44)49-25-39(3,4)16-11-14-28-18-31-27(19-35(28)48-5)15-17-41-37(31)51-30/h6,15,17-19,26,29-30,32-33H,1,7-14,16,20-25H2,2-5H3,(H,46,47)/t29?,30-,32+,33+,40?/m1/s1. The minimum Gasteiger partial charge on any atom is -0.496 e. The fourth-order valence-corrected chi connectivity index (χ4v) is 10.7. The number of esters is 1. The number of fused-ring (bicyclic) bond motifs is 3. The van der Waals surface area contributed by atoms with Gasteiger partial charge in [0.05, 0.1) is 50.4 Å². The second-order valence-corrected chi connectivity index (χ2v) is 18.3. The van der Waals surface area contributed by atoms with E-state index < -0.39 is 36.8 Å². The van der Waals surface area contributed by atoms with Crippen LogP contribution in [0.2, 0.25) is 0 Å². The van der Waals surface area contributed by atoms with Crippen molar-refractivity contribution in [2.24, 2.45) is 23.2 Å². The van der Waals surface area contributed by atoms with Gasteiger partial charge in [-0.2, -0.15) is 0 Å². The Kier molecular flexibility index (Phi) is 11.5. The van der Waals surface area contributed by atoms with Crippen molar-refractivity contribution >= 4 is 36.0 Å². The molecule has 1 saturated heterocycles. The summed E-state index contributed by atoms with van der Waals surface area (Å²) in [6.07, 6.45) is 9.92. The number of cyclic esters (lactones) is 1. The quantitative estimate of drug-likeness (QED) is 0.159. The number of carbonyl (C=O) groups excluding carboxylic acids is 3. The number of carbonyl (C=O) groups is 3. The van der Waals surface area contributed by atoms with Gasteiger partial charge in [-0.3, -0.25) is 18.9 Å². The number of ketones is 1. The van der Waals surface area contributed by atoms with Crippen LogP contribution in [0.4, 0.5) is 0 Å². The zero-order chi connectivity index (χ0) is 37.3. The number of ether oxygens (including phenoxy) is 3. The van der Waals surface area contributed by atoms with Crippen LogP contribution in [-0.4, -0.2) is 76.6 Å². The van der Waals surface area contributed by atoms with Crippen LogP contribution in [0, 0.1) is 23.2 Å². The minimum atomic E-state index is -4.19. The van der Waals surface area contributed by atoms with E-state index in [0.717, 1.165) is 73.5 Å². The van der Waals surface area contributed by atoms with Gasteiger partial charge in [-0.25, -0.2) is 4.98 Å². The van der Waals surface area contributed by atoms with E-state index in [2.05, 4.69) is 25.4 Å². The summed E-state index contributed by atoms with van der Waals surface area (Å²) in [6, 6.07) is 5.01. The molecule has 1 N–H and O–H groups in total. The van der Waals surface area contributed by atoms with Crippen molar-refractivity contribution in [3.8, 4) is 11.6 Å². The molecule has 52 heavy (non-hydrogen) atoms. The van der Waals surface area contributed by atoms with Crippen LogP contribution >= 0.6 is 7.60 Å². The number of pyridine rings is 1. The predicted octanol–water partition coefficient (Wildman–Crippen LogP) is 7.21. The van der Waals surface area contributed by atoms with Crippen LogP contribution in [0.1, 0.15) is 97.0 Å². The van der Waals surface area contributed by atoms with Crippen LogP contribution in [0.3, 0.4) is 0 Å². The Morgan fingerprint density at radius 3 is 2.65 bits per heavy atom.